The zero-order valence-electron chi connectivity index (χ0n) is 11.3. The number of likely N-dealkylation sites (N-methyl/N-ethyl adjacent to an activating group) is 1. The lowest BCUT2D eigenvalue weighted by Crippen LogP contribution is -2.33. The van der Waals surface area contributed by atoms with Crippen LogP contribution < -0.4 is 5.32 Å². The van der Waals surface area contributed by atoms with Crippen molar-refractivity contribution in [2.75, 3.05) is 20.3 Å². The Bertz CT molecular complexity index is 288. The highest BCUT2D eigenvalue weighted by Crippen LogP contribution is 2.08. The van der Waals surface area contributed by atoms with Gasteiger partial charge in [-0.05, 0) is 36.9 Å². The number of rotatable bonds is 8. The summed E-state index contributed by atoms with van der Waals surface area (Å²) in [6, 6.07) is 9.42. The van der Waals surface area contributed by atoms with Crippen LogP contribution in [0.25, 0.3) is 0 Å². The van der Waals surface area contributed by atoms with Gasteiger partial charge in [0.1, 0.15) is 0 Å². The van der Waals surface area contributed by atoms with E-state index < -0.39 is 0 Å². The summed E-state index contributed by atoms with van der Waals surface area (Å²) < 4.78 is 5.22. The van der Waals surface area contributed by atoms with Gasteiger partial charge in [0.05, 0.1) is 6.61 Å². The minimum atomic E-state index is 0.468. The second-order valence-corrected chi connectivity index (χ2v) is 4.42. The smallest absolute Gasteiger partial charge is 0.0615 e. The van der Waals surface area contributed by atoms with Crippen LogP contribution in [0.5, 0.6) is 0 Å². The minimum absolute atomic E-state index is 0.468. The quantitative estimate of drug-likeness (QED) is 0.748. The Morgan fingerprint density at radius 3 is 2.29 bits per heavy atom. The molecule has 0 aromatic heterocycles. The topological polar surface area (TPSA) is 21.3 Å². The lowest BCUT2D eigenvalue weighted by Gasteiger charge is -2.16. The molecule has 0 heterocycles. The third kappa shape index (κ3) is 5.33. The van der Waals surface area contributed by atoms with Crippen LogP contribution in [0.4, 0.5) is 0 Å². The molecule has 2 heteroatoms. The van der Waals surface area contributed by atoms with Crippen molar-refractivity contribution < 1.29 is 4.74 Å². The van der Waals surface area contributed by atoms with Crippen molar-refractivity contribution in [1.29, 1.82) is 0 Å². The first-order valence-corrected chi connectivity index (χ1v) is 6.60. The molecule has 0 amide bonds. The van der Waals surface area contributed by atoms with Gasteiger partial charge in [0, 0.05) is 13.2 Å². The van der Waals surface area contributed by atoms with Crippen molar-refractivity contribution in [2.24, 2.45) is 0 Å². The monoisotopic (exact) mass is 235 g/mol. The van der Waals surface area contributed by atoms with Crippen LogP contribution in [0.2, 0.25) is 0 Å². The van der Waals surface area contributed by atoms with Crippen LogP contribution in [0.15, 0.2) is 24.3 Å². The fourth-order valence-corrected chi connectivity index (χ4v) is 2.02. The van der Waals surface area contributed by atoms with E-state index in [1.807, 2.05) is 0 Å². The molecule has 0 aliphatic heterocycles. The molecule has 17 heavy (non-hydrogen) atoms. The average Bonchev–Trinajstić information content (AvgIpc) is 2.37. The molecule has 1 unspecified atom stereocenters. The van der Waals surface area contributed by atoms with Gasteiger partial charge in [-0.3, -0.25) is 0 Å². The first-order valence-electron chi connectivity index (χ1n) is 6.60. The maximum absolute atomic E-state index is 5.22. The zero-order chi connectivity index (χ0) is 12.5. The van der Waals surface area contributed by atoms with Crippen molar-refractivity contribution in [1.82, 2.24) is 5.32 Å². The predicted molar refractivity (Wildman–Crippen MR) is 73.5 cm³/mol. The number of hydrogen-bond acceptors (Lipinski definition) is 2. The van der Waals surface area contributed by atoms with Crippen LogP contribution in [0.3, 0.4) is 0 Å². The van der Waals surface area contributed by atoms with Crippen LogP contribution >= 0.6 is 0 Å². The number of aryl methyl sites for hydroxylation is 2. The van der Waals surface area contributed by atoms with Gasteiger partial charge in [0.15, 0.2) is 0 Å². The Kier molecular flexibility index (Phi) is 6.90. The Morgan fingerprint density at radius 1 is 1.12 bits per heavy atom. The Morgan fingerprint density at radius 2 is 1.76 bits per heavy atom. The third-order valence-electron chi connectivity index (χ3n) is 3.07. The van der Waals surface area contributed by atoms with Gasteiger partial charge < -0.3 is 10.1 Å². The summed E-state index contributed by atoms with van der Waals surface area (Å²) in [6.45, 7) is 6.12. The van der Waals surface area contributed by atoms with E-state index in [2.05, 4.69) is 43.4 Å². The van der Waals surface area contributed by atoms with E-state index in [0.717, 1.165) is 32.4 Å². The maximum atomic E-state index is 5.22. The van der Waals surface area contributed by atoms with E-state index in [1.54, 1.807) is 7.11 Å². The van der Waals surface area contributed by atoms with Crippen LogP contribution in [0.1, 0.15) is 31.4 Å². The fraction of sp³-hybridized carbons (Fsp3) is 0.600. The van der Waals surface area contributed by atoms with Gasteiger partial charge >= 0.3 is 0 Å². The highest BCUT2D eigenvalue weighted by molar-refractivity contribution is 5.22. The Labute approximate surface area is 105 Å². The van der Waals surface area contributed by atoms with Crippen molar-refractivity contribution in [3.05, 3.63) is 35.4 Å². The summed E-state index contributed by atoms with van der Waals surface area (Å²) in [7, 11) is 1.76. The van der Waals surface area contributed by atoms with Crippen LogP contribution in [0, 0.1) is 0 Å². The lowest BCUT2D eigenvalue weighted by atomic mass is 10.0. The van der Waals surface area contributed by atoms with Gasteiger partial charge in [0.2, 0.25) is 0 Å². The molecule has 0 radical (unpaired) electrons. The second kappa shape index (κ2) is 8.26. The molecular formula is C15H25NO. The van der Waals surface area contributed by atoms with Crippen molar-refractivity contribution in [3.8, 4) is 0 Å². The molecule has 0 aliphatic rings. The van der Waals surface area contributed by atoms with Gasteiger partial charge in [-0.2, -0.15) is 0 Å². The summed E-state index contributed by atoms with van der Waals surface area (Å²) in [5.41, 5.74) is 2.83. The minimum Gasteiger partial charge on any atom is -0.383 e. The molecule has 1 atom stereocenters. The Hall–Kier alpha value is -0.860. The highest BCUT2D eigenvalue weighted by atomic mass is 16.5. The molecule has 0 saturated carbocycles. The van der Waals surface area contributed by atoms with Gasteiger partial charge in [-0.1, -0.05) is 38.1 Å². The van der Waals surface area contributed by atoms with Crippen molar-refractivity contribution >= 4 is 0 Å². The molecule has 0 bridgehead atoms. The fourth-order valence-electron chi connectivity index (χ4n) is 2.02. The van der Waals surface area contributed by atoms with Crippen molar-refractivity contribution in [2.45, 2.75) is 39.2 Å². The third-order valence-corrected chi connectivity index (χ3v) is 3.07. The lowest BCUT2D eigenvalue weighted by molar-refractivity contribution is 0.163. The number of hydrogen-bond donors (Lipinski definition) is 1. The summed E-state index contributed by atoms with van der Waals surface area (Å²) >= 11 is 0. The van der Waals surface area contributed by atoms with Gasteiger partial charge in [-0.25, -0.2) is 0 Å². The van der Waals surface area contributed by atoms with Gasteiger partial charge in [0.25, 0.3) is 0 Å². The first kappa shape index (κ1) is 14.2. The molecule has 1 rings (SSSR count). The summed E-state index contributed by atoms with van der Waals surface area (Å²) in [4.78, 5) is 0. The SMILES string of the molecule is CCNC(CCc1ccc(CC)cc1)COC. The van der Waals surface area contributed by atoms with Gasteiger partial charge in [-0.15, -0.1) is 0 Å². The zero-order valence-corrected chi connectivity index (χ0v) is 11.3. The molecule has 0 saturated heterocycles. The molecule has 2 nitrogen and oxygen atoms in total. The van der Waals surface area contributed by atoms with E-state index >= 15 is 0 Å². The number of ether oxygens (including phenoxy) is 1. The first-order chi connectivity index (χ1) is 8.30. The Balaban J connectivity index is 2.41. The van der Waals surface area contributed by atoms with E-state index in [1.165, 1.54) is 11.1 Å². The van der Waals surface area contributed by atoms with E-state index in [0.29, 0.717) is 6.04 Å². The normalized spacial score (nSPS) is 12.6. The molecule has 1 aromatic carbocycles. The predicted octanol–water partition coefficient (Wildman–Crippen LogP) is 2.81. The average molecular weight is 235 g/mol. The molecular weight excluding hydrogens is 210 g/mol. The molecule has 1 aromatic rings. The number of nitrogens with one attached hydrogen (secondary N) is 1. The van der Waals surface area contributed by atoms with E-state index in [-0.39, 0.29) is 0 Å². The molecule has 1 N–H and O–H groups in total. The molecule has 0 spiro atoms. The summed E-state index contributed by atoms with van der Waals surface area (Å²) in [5, 5.41) is 3.45. The summed E-state index contributed by atoms with van der Waals surface area (Å²) in [5.74, 6) is 0. The van der Waals surface area contributed by atoms with Crippen LogP contribution in [-0.4, -0.2) is 26.3 Å². The largest absolute Gasteiger partial charge is 0.383 e. The highest BCUT2D eigenvalue weighted by Gasteiger charge is 2.06. The molecule has 0 aliphatic carbocycles. The number of methoxy groups -OCH3 is 1. The number of benzene rings is 1. The van der Waals surface area contributed by atoms with E-state index in [9.17, 15) is 0 Å². The molecule has 96 valence electrons. The second-order valence-electron chi connectivity index (χ2n) is 4.42. The standard InChI is InChI=1S/C15H25NO/c1-4-13-6-8-14(9-7-13)10-11-15(12-17-3)16-5-2/h6-9,15-16H,4-5,10-12H2,1-3H3. The maximum Gasteiger partial charge on any atom is 0.0615 e. The molecule has 0 fully saturated rings. The van der Waals surface area contributed by atoms with E-state index in [4.69, 9.17) is 4.74 Å². The van der Waals surface area contributed by atoms with Crippen LogP contribution in [-0.2, 0) is 17.6 Å². The summed E-state index contributed by atoms with van der Waals surface area (Å²) in [6.07, 6.45) is 3.36. The van der Waals surface area contributed by atoms with Crippen molar-refractivity contribution in [3.63, 3.8) is 0 Å².